The van der Waals surface area contributed by atoms with E-state index in [4.69, 9.17) is 5.73 Å². The Morgan fingerprint density at radius 1 is 1.53 bits per heavy atom. The Hall–Kier alpha value is -1.31. The molecule has 1 aliphatic carbocycles. The molecule has 1 amide bonds. The Morgan fingerprint density at radius 2 is 2.32 bits per heavy atom. The van der Waals surface area contributed by atoms with Crippen molar-refractivity contribution in [2.75, 3.05) is 13.1 Å². The third kappa shape index (κ3) is 3.37. The standard InChI is InChI=1S/C15H20N2OS/c1-2-15(8-4-9-15)11-17-14(18)13-7-6-12(19-13)5-3-10-16/h6-7H,2,4,8-11,16H2,1H3,(H,17,18). The zero-order valence-electron chi connectivity index (χ0n) is 11.3. The number of amides is 1. The van der Waals surface area contributed by atoms with E-state index < -0.39 is 0 Å². The topological polar surface area (TPSA) is 55.1 Å². The summed E-state index contributed by atoms with van der Waals surface area (Å²) in [5.74, 6) is 5.76. The lowest BCUT2D eigenvalue weighted by Crippen LogP contribution is -2.41. The molecule has 1 aromatic heterocycles. The number of nitrogens with one attached hydrogen (secondary N) is 1. The van der Waals surface area contributed by atoms with Crippen molar-refractivity contribution >= 4 is 17.2 Å². The minimum Gasteiger partial charge on any atom is -0.351 e. The van der Waals surface area contributed by atoms with Crippen LogP contribution in [0.5, 0.6) is 0 Å². The SMILES string of the molecule is CCC1(CNC(=O)c2ccc(C#CCN)s2)CCC1. The van der Waals surface area contributed by atoms with Gasteiger partial charge in [0.15, 0.2) is 0 Å². The molecule has 1 aromatic rings. The predicted molar refractivity (Wildman–Crippen MR) is 79.2 cm³/mol. The highest BCUT2D eigenvalue weighted by Gasteiger charge is 2.35. The van der Waals surface area contributed by atoms with Crippen LogP contribution in [0.2, 0.25) is 0 Å². The van der Waals surface area contributed by atoms with Crippen LogP contribution < -0.4 is 11.1 Å². The molecular weight excluding hydrogens is 256 g/mol. The van der Waals surface area contributed by atoms with Gasteiger partial charge in [-0.05, 0) is 36.8 Å². The highest BCUT2D eigenvalue weighted by molar-refractivity contribution is 7.14. The summed E-state index contributed by atoms with van der Waals surface area (Å²) >= 11 is 1.42. The van der Waals surface area contributed by atoms with Crippen molar-refractivity contribution < 1.29 is 4.79 Å². The molecule has 1 saturated carbocycles. The van der Waals surface area contributed by atoms with E-state index in [0.717, 1.165) is 22.7 Å². The third-order valence-electron chi connectivity index (χ3n) is 3.93. The van der Waals surface area contributed by atoms with Gasteiger partial charge in [-0.1, -0.05) is 25.2 Å². The average Bonchev–Trinajstić information content (AvgIpc) is 2.84. The molecule has 19 heavy (non-hydrogen) atoms. The van der Waals surface area contributed by atoms with Crippen LogP contribution in [-0.2, 0) is 0 Å². The fourth-order valence-electron chi connectivity index (χ4n) is 2.35. The van der Waals surface area contributed by atoms with Crippen molar-refractivity contribution in [3.05, 3.63) is 21.9 Å². The highest BCUT2D eigenvalue weighted by atomic mass is 32.1. The molecule has 3 N–H and O–H groups in total. The summed E-state index contributed by atoms with van der Waals surface area (Å²) < 4.78 is 0. The van der Waals surface area contributed by atoms with Crippen molar-refractivity contribution in [1.29, 1.82) is 0 Å². The van der Waals surface area contributed by atoms with E-state index in [1.807, 2.05) is 12.1 Å². The second kappa shape index (κ2) is 6.23. The molecule has 102 valence electrons. The van der Waals surface area contributed by atoms with Crippen molar-refractivity contribution in [2.24, 2.45) is 11.1 Å². The average molecular weight is 276 g/mol. The van der Waals surface area contributed by atoms with E-state index in [9.17, 15) is 4.79 Å². The Labute approximate surface area is 118 Å². The lowest BCUT2D eigenvalue weighted by molar-refractivity contribution is 0.0854. The first-order valence-corrected chi connectivity index (χ1v) is 7.58. The van der Waals surface area contributed by atoms with Gasteiger partial charge in [-0.3, -0.25) is 4.79 Å². The zero-order chi connectivity index (χ0) is 13.7. The predicted octanol–water partition coefficient (Wildman–Crippen LogP) is 2.37. The highest BCUT2D eigenvalue weighted by Crippen LogP contribution is 2.43. The minimum atomic E-state index is 0.0190. The molecule has 0 aromatic carbocycles. The molecule has 0 aliphatic heterocycles. The number of thiophene rings is 1. The molecule has 0 spiro atoms. The molecule has 0 bridgehead atoms. The Kier molecular flexibility index (Phi) is 4.62. The van der Waals surface area contributed by atoms with Crippen molar-refractivity contribution in [2.45, 2.75) is 32.6 Å². The fraction of sp³-hybridized carbons (Fsp3) is 0.533. The molecule has 0 radical (unpaired) electrons. The number of nitrogens with two attached hydrogens (primary N) is 1. The van der Waals surface area contributed by atoms with Gasteiger partial charge >= 0.3 is 0 Å². The van der Waals surface area contributed by atoms with Gasteiger partial charge in [0, 0.05) is 6.54 Å². The van der Waals surface area contributed by atoms with Crippen LogP contribution in [-0.4, -0.2) is 19.0 Å². The lowest BCUT2D eigenvalue weighted by Gasteiger charge is -2.41. The number of rotatable bonds is 4. The van der Waals surface area contributed by atoms with Crippen molar-refractivity contribution in [1.82, 2.24) is 5.32 Å². The van der Waals surface area contributed by atoms with Crippen molar-refractivity contribution in [3.63, 3.8) is 0 Å². The molecule has 2 rings (SSSR count). The second-order valence-corrected chi connectivity index (χ2v) is 6.14. The molecule has 3 nitrogen and oxygen atoms in total. The number of hydrogen-bond donors (Lipinski definition) is 2. The third-order valence-corrected chi connectivity index (χ3v) is 4.93. The van der Waals surface area contributed by atoms with E-state index in [2.05, 4.69) is 24.1 Å². The molecule has 1 fully saturated rings. The minimum absolute atomic E-state index is 0.0190. The smallest absolute Gasteiger partial charge is 0.261 e. The largest absolute Gasteiger partial charge is 0.351 e. The van der Waals surface area contributed by atoms with E-state index in [1.165, 1.54) is 30.6 Å². The Balaban J connectivity index is 1.91. The van der Waals surface area contributed by atoms with Crippen LogP contribution in [0.15, 0.2) is 12.1 Å². The molecular formula is C15H20N2OS. The molecule has 1 aliphatic rings. The van der Waals surface area contributed by atoms with Crippen LogP contribution in [0.3, 0.4) is 0 Å². The first-order chi connectivity index (χ1) is 9.19. The van der Waals surface area contributed by atoms with Crippen LogP contribution in [0.25, 0.3) is 0 Å². The summed E-state index contributed by atoms with van der Waals surface area (Å²) in [7, 11) is 0. The summed E-state index contributed by atoms with van der Waals surface area (Å²) in [4.78, 5) is 13.7. The van der Waals surface area contributed by atoms with Gasteiger partial charge in [-0.25, -0.2) is 0 Å². The van der Waals surface area contributed by atoms with Gasteiger partial charge in [-0.2, -0.15) is 0 Å². The van der Waals surface area contributed by atoms with E-state index in [0.29, 0.717) is 12.0 Å². The van der Waals surface area contributed by atoms with Crippen LogP contribution >= 0.6 is 11.3 Å². The van der Waals surface area contributed by atoms with E-state index in [-0.39, 0.29) is 5.91 Å². The summed E-state index contributed by atoms with van der Waals surface area (Å²) in [5.41, 5.74) is 5.68. The van der Waals surface area contributed by atoms with Gasteiger partial charge < -0.3 is 11.1 Å². The summed E-state index contributed by atoms with van der Waals surface area (Å²) in [6.45, 7) is 3.35. The zero-order valence-corrected chi connectivity index (χ0v) is 12.1. The maximum absolute atomic E-state index is 12.1. The quantitative estimate of drug-likeness (QED) is 0.830. The monoisotopic (exact) mass is 276 g/mol. The molecule has 1 heterocycles. The first-order valence-electron chi connectivity index (χ1n) is 6.76. The maximum Gasteiger partial charge on any atom is 0.261 e. The van der Waals surface area contributed by atoms with E-state index in [1.54, 1.807) is 0 Å². The molecule has 0 saturated heterocycles. The van der Waals surface area contributed by atoms with Gasteiger partial charge in [0.25, 0.3) is 5.91 Å². The molecule has 0 atom stereocenters. The van der Waals surface area contributed by atoms with Crippen molar-refractivity contribution in [3.8, 4) is 11.8 Å². The van der Waals surface area contributed by atoms with Gasteiger partial charge in [0.2, 0.25) is 0 Å². The van der Waals surface area contributed by atoms with Gasteiger partial charge in [0.1, 0.15) is 0 Å². The first kappa shape index (κ1) is 14.1. The Morgan fingerprint density at radius 3 is 2.89 bits per heavy atom. The summed E-state index contributed by atoms with van der Waals surface area (Å²) in [6, 6.07) is 3.71. The maximum atomic E-state index is 12.1. The van der Waals surface area contributed by atoms with Gasteiger partial charge in [-0.15, -0.1) is 11.3 Å². The second-order valence-electron chi connectivity index (χ2n) is 5.06. The fourth-order valence-corrected chi connectivity index (χ4v) is 3.15. The van der Waals surface area contributed by atoms with E-state index >= 15 is 0 Å². The summed E-state index contributed by atoms with van der Waals surface area (Å²) in [5, 5.41) is 3.06. The van der Waals surface area contributed by atoms with Gasteiger partial charge in [0.05, 0.1) is 16.3 Å². The molecule has 0 unspecified atom stereocenters. The van der Waals surface area contributed by atoms with Crippen LogP contribution in [0, 0.1) is 17.3 Å². The normalized spacial score (nSPS) is 16.1. The lowest BCUT2D eigenvalue weighted by atomic mass is 9.67. The Bertz CT molecular complexity index is 500. The number of carbonyl (C=O) groups excluding carboxylic acids is 1. The number of hydrogen-bond acceptors (Lipinski definition) is 3. The van der Waals surface area contributed by atoms with Crippen LogP contribution in [0.4, 0.5) is 0 Å². The summed E-state index contributed by atoms with van der Waals surface area (Å²) in [6.07, 6.45) is 4.91. The number of carbonyl (C=O) groups is 1. The molecule has 4 heteroatoms. The van der Waals surface area contributed by atoms with Crippen LogP contribution in [0.1, 0.15) is 47.2 Å².